The standard InChI is InChI=1S/C71H74N2O16/c1-10-82-67(78)48(5)44-86-63(74)40-53-20-32-59(33-21-53)72(60-34-22-54(23-35-60)41-64(75)87-45-49(6)68(79)83-11-2)57-28-16-51(17-29-57)14-15-52-18-30-58(31-19-52)73(61-36-24-55(25-37-61)42-65(76)88-46-50(7)69(80)84-12-3)62-38-26-56(27-39-62)43-66(77)89-47-71(8,9)70(81)85-13-4/h14-39H,5-7,10-13,40-47H2,1-4,8-9H3/b15-14+. The molecule has 0 saturated carbocycles. The molecule has 0 radical (unpaired) electrons. The molecule has 464 valence electrons. The van der Waals surface area contributed by atoms with Gasteiger partial charge in [-0.05, 0) is 148 Å². The van der Waals surface area contributed by atoms with E-state index in [-0.39, 0.29) is 95.3 Å². The van der Waals surface area contributed by atoms with E-state index < -0.39 is 53.2 Å². The Kier molecular flexibility index (Phi) is 25.5. The van der Waals surface area contributed by atoms with Gasteiger partial charge in [0, 0.05) is 34.1 Å². The van der Waals surface area contributed by atoms with Crippen molar-refractivity contribution in [2.75, 3.05) is 62.7 Å². The molecule has 0 amide bonds. The highest BCUT2D eigenvalue weighted by Crippen LogP contribution is 2.37. The summed E-state index contributed by atoms with van der Waals surface area (Å²) in [7, 11) is 0. The third kappa shape index (κ3) is 20.9. The summed E-state index contributed by atoms with van der Waals surface area (Å²) in [5, 5.41) is 0. The van der Waals surface area contributed by atoms with Crippen LogP contribution in [0.2, 0.25) is 0 Å². The third-order valence-corrected chi connectivity index (χ3v) is 13.3. The van der Waals surface area contributed by atoms with Crippen molar-refractivity contribution in [3.63, 3.8) is 0 Å². The van der Waals surface area contributed by atoms with Crippen LogP contribution in [0.25, 0.3) is 12.2 Å². The van der Waals surface area contributed by atoms with Gasteiger partial charge in [0.05, 0.1) is 74.2 Å². The molecule has 6 aromatic rings. The highest BCUT2D eigenvalue weighted by Gasteiger charge is 2.31. The van der Waals surface area contributed by atoms with Crippen molar-refractivity contribution in [1.29, 1.82) is 0 Å². The summed E-state index contributed by atoms with van der Waals surface area (Å²) in [6.07, 6.45) is 3.80. The van der Waals surface area contributed by atoms with E-state index in [1.807, 2.05) is 168 Å². The summed E-state index contributed by atoms with van der Waals surface area (Å²) in [5.74, 6) is -4.47. The molecule has 0 spiro atoms. The van der Waals surface area contributed by atoms with E-state index in [0.29, 0.717) is 22.3 Å². The molecule has 0 atom stereocenters. The number of ether oxygens (including phenoxy) is 8. The fourth-order valence-corrected chi connectivity index (χ4v) is 8.50. The van der Waals surface area contributed by atoms with Gasteiger partial charge in [0.1, 0.15) is 26.4 Å². The van der Waals surface area contributed by atoms with E-state index in [4.69, 9.17) is 37.9 Å². The number of nitrogens with zero attached hydrogens (tertiary/aromatic N) is 2. The molecule has 6 rings (SSSR count). The van der Waals surface area contributed by atoms with Gasteiger partial charge in [0.25, 0.3) is 0 Å². The Morgan fingerprint density at radius 1 is 0.348 bits per heavy atom. The van der Waals surface area contributed by atoms with Crippen molar-refractivity contribution < 1.29 is 76.3 Å². The quantitative estimate of drug-likeness (QED) is 0.0166. The van der Waals surface area contributed by atoms with Crippen LogP contribution in [0.3, 0.4) is 0 Å². The highest BCUT2D eigenvalue weighted by atomic mass is 16.6. The summed E-state index contributed by atoms with van der Waals surface area (Å²) in [5.41, 5.74) is 8.27. The lowest BCUT2D eigenvalue weighted by atomic mass is 9.95. The number of rotatable bonds is 32. The normalized spacial score (nSPS) is 10.9. The zero-order valence-corrected chi connectivity index (χ0v) is 51.0. The first-order valence-corrected chi connectivity index (χ1v) is 28.9. The second-order valence-electron chi connectivity index (χ2n) is 20.8. The topological polar surface area (TPSA) is 217 Å². The summed E-state index contributed by atoms with van der Waals surface area (Å²) in [6, 6.07) is 45.4. The van der Waals surface area contributed by atoms with Crippen molar-refractivity contribution in [1.82, 2.24) is 0 Å². The number of carbonyl (C=O) groups is 8. The Labute approximate surface area is 518 Å². The smallest absolute Gasteiger partial charge is 0.336 e. The maximum atomic E-state index is 12.9. The largest absolute Gasteiger partial charge is 0.465 e. The van der Waals surface area contributed by atoms with E-state index in [0.717, 1.165) is 45.3 Å². The molecular weight excluding hydrogens is 1140 g/mol. The molecule has 0 fully saturated rings. The zero-order chi connectivity index (χ0) is 64.5. The predicted molar refractivity (Wildman–Crippen MR) is 338 cm³/mol. The summed E-state index contributed by atoms with van der Waals surface area (Å²) in [4.78, 5) is 104. The number of benzene rings is 6. The molecule has 0 heterocycles. The fourth-order valence-electron chi connectivity index (χ4n) is 8.50. The summed E-state index contributed by atoms with van der Waals surface area (Å²) < 4.78 is 41.3. The van der Waals surface area contributed by atoms with Crippen LogP contribution >= 0.6 is 0 Å². The Morgan fingerprint density at radius 3 is 0.831 bits per heavy atom. The van der Waals surface area contributed by atoms with E-state index in [1.54, 1.807) is 41.5 Å². The van der Waals surface area contributed by atoms with Gasteiger partial charge in [-0.2, -0.15) is 0 Å². The number of hydrogen-bond donors (Lipinski definition) is 0. The SMILES string of the molecule is C=C(COC(=O)Cc1ccc(N(c2ccc(/C=C/c3ccc(N(c4ccc(CC(=O)OCC(=C)C(=O)OCC)cc4)c4ccc(CC(=O)OCC(C)(C)C(=O)OCC)cc4)cc3)cc2)c2ccc(CC(=O)OCC(=C)C(=O)OCC)cc2)cc1)C(=O)OCC. The molecule has 18 heteroatoms. The summed E-state index contributed by atoms with van der Waals surface area (Å²) in [6.45, 7) is 20.7. The average molecular weight is 1210 g/mol. The lowest BCUT2D eigenvalue weighted by Gasteiger charge is -2.26. The molecule has 0 aliphatic rings. The molecule has 18 nitrogen and oxygen atoms in total. The molecule has 0 N–H and O–H groups in total. The number of esters is 8. The number of hydrogen-bond acceptors (Lipinski definition) is 18. The van der Waals surface area contributed by atoms with Crippen molar-refractivity contribution in [2.24, 2.45) is 5.41 Å². The third-order valence-electron chi connectivity index (χ3n) is 13.3. The lowest BCUT2D eigenvalue weighted by Crippen LogP contribution is -2.32. The number of carbonyl (C=O) groups excluding carboxylic acids is 8. The van der Waals surface area contributed by atoms with Gasteiger partial charge in [-0.3, -0.25) is 24.0 Å². The average Bonchev–Trinajstić information content (AvgIpc) is 1.63. The second-order valence-corrected chi connectivity index (χ2v) is 20.8. The lowest BCUT2D eigenvalue weighted by molar-refractivity contribution is -0.161. The maximum Gasteiger partial charge on any atom is 0.336 e. The molecule has 6 aromatic carbocycles. The van der Waals surface area contributed by atoms with E-state index in [1.165, 1.54) is 0 Å². The number of anilines is 6. The van der Waals surface area contributed by atoms with Crippen LogP contribution < -0.4 is 9.80 Å². The van der Waals surface area contributed by atoms with Crippen LogP contribution in [0.5, 0.6) is 0 Å². The van der Waals surface area contributed by atoms with E-state index >= 15 is 0 Å². The molecule has 0 aromatic heterocycles. The molecule has 0 aliphatic carbocycles. The minimum Gasteiger partial charge on any atom is -0.465 e. The van der Waals surface area contributed by atoms with Gasteiger partial charge in [-0.25, -0.2) is 14.4 Å². The maximum absolute atomic E-state index is 12.9. The van der Waals surface area contributed by atoms with Gasteiger partial charge in [0.15, 0.2) is 0 Å². The van der Waals surface area contributed by atoms with Crippen LogP contribution in [0.4, 0.5) is 34.1 Å². The fraction of sp³-hybridized carbons (Fsp3) is 0.268. The Morgan fingerprint density at radius 2 is 0.584 bits per heavy atom. The Hall–Kier alpha value is -10.4. The molecule has 0 aliphatic heterocycles. The molecule has 0 bridgehead atoms. The van der Waals surface area contributed by atoms with Crippen molar-refractivity contribution in [3.8, 4) is 0 Å². The van der Waals surface area contributed by atoms with E-state index in [9.17, 15) is 38.4 Å². The van der Waals surface area contributed by atoms with Crippen LogP contribution in [0.1, 0.15) is 74.9 Å². The highest BCUT2D eigenvalue weighted by molar-refractivity contribution is 5.90. The molecule has 0 saturated heterocycles. The van der Waals surface area contributed by atoms with Gasteiger partial charge in [0.2, 0.25) is 0 Å². The van der Waals surface area contributed by atoms with Crippen molar-refractivity contribution in [2.45, 2.75) is 67.2 Å². The zero-order valence-electron chi connectivity index (χ0n) is 51.0. The van der Waals surface area contributed by atoms with Crippen LogP contribution in [-0.2, 0) is 102 Å². The van der Waals surface area contributed by atoms with Gasteiger partial charge in [-0.1, -0.05) is 105 Å². The minimum absolute atomic E-state index is 0.0235. The van der Waals surface area contributed by atoms with Crippen LogP contribution in [0.15, 0.2) is 182 Å². The molecule has 0 unspecified atom stereocenters. The molecule has 89 heavy (non-hydrogen) atoms. The first-order valence-electron chi connectivity index (χ1n) is 28.9. The predicted octanol–water partition coefficient (Wildman–Crippen LogP) is 12.1. The van der Waals surface area contributed by atoms with Gasteiger partial charge in [-0.15, -0.1) is 0 Å². The monoisotopic (exact) mass is 1210 g/mol. The Balaban J connectivity index is 1.21. The first-order chi connectivity index (χ1) is 42.7. The first kappa shape index (κ1) is 67.8. The van der Waals surface area contributed by atoms with E-state index in [2.05, 4.69) is 19.7 Å². The van der Waals surface area contributed by atoms with Crippen LogP contribution in [0, 0.1) is 5.41 Å². The Bertz CT molecular complexity index is 3400. The van der Waals surface area contributed by atoms with Gasteiger partial charge >= 0.3 is 47.8 Å². The second kappa shape index (κ2) is 33.5. The summed E-state index contributed by atoms with van der Waals surface area (Å²) >= 11 is 0. The van der Waals surface area contributed by atoms with Crippen molar-refractivity contribution in [3.05, 3.63) is 215 Å². The van der Waals surface area contributed by atoms with Gasteiger partial charge < -0.3 is 47.7 Å². The minimum atomic E-state index is -1.01. The molecular formula is C71H74N2O16. The van der Waals surface area contributed by atoms with Crippen molar-refractivity contribution >= 4 is 94.0 Å². The van der Waals surface area contributed by atoms with Crippen LogP contribution in [-0.4, -0.2) is 101 Å².